The average Bonchev–Trinajstić information content (AvgIpc) is 2.55. The monoisotopic (exact) mass is 367 g/mol. The first kappa shape index (κ1) is 18.7. The van der Waals surface area contributed by atoms with Crippen LogP contribution < -0.4 is 5.32 Å². The zero-order valence-electron chi connectivity index (χ0n) is 14.0. The highest BCUT2D eigenvalue weighted by molar-refractivity contribution is 6.32. The normalized spacial score (nSPS) is 17.4. The number of hydrogen-bond acceptors (Lipinski definition) is 5. The lowest BCUT2D eigenvalue weighted by Crippen LogP contribution is -2.47. The number of amides is 2. The van der Waals surface area contributed by atoms with Crippen molar-refractivity contribution in [2.45, 2.75) is 26.8 Å². The molecule has 2 rings (SSSR count). The molecule has 1 N–H and O–H groups in total. The Morgan fingerprint density at radius 1 is 1.44 bits per heavy atom. The summed E-state index contributed by atoms with van der Waals surface area (Å²) in [7, 11) is 0. The number of nitrogens with zero attached hydrogens (tertiary/aromatic N) is 2. The van der Waals surface area contributed by atoms with E-state index >= 15 is 0 Å². The van der Waals surface area contributed by atoms with E-state index in [9.17, 15) is 19.7 Å². The third-order valence-corrected chi connectivity index (χ3v) is 4.23. The molecule has 1 aromatic rings. The number of halogens is 1. The SMILES string of the molecule is CCOC(=O)C1=C(C)N(CC)C(=O)N[C@H]1c1ccc(Cl)c([N+](=O)[O-])c1. The molecule has 0 aromatic heterocycles. The molecule has 0 saturated heterocycles. The smallest absolute Gasteiger partial charge is 0.338 e. The van der Waals surface area contributed by atoms with Crippen LogP contribution in [-0.4, -0.2) is 35.0 Å². The second kappa shape index (κ2) is 7.52. The molecule has 1 heterocycles. The Hall–Kier alpha value is -2.61. The number of ether oxygens (including phenoxy) is 1. The Bertz CT molecular complexity index is 762. The van der Waals surface area contributed by atoms with E-state index in [1.165, 1.54) is 23.1 Å². The Labute approximate surface area is 149 Å². The van der Waals surface area contributed by atoms with E-state index < -0.39 is 23.0 Å². The molecular formula is C16H18ClN3O5. The maximum absolute atomic E-state index is 12.4. The standard InChI is InChI=1S/C16H18ClN3O5/c1-4-19-9(3)13(15(21)25-5-2)14(18-16(19)22)10-6-7-11(17)12(8-10)20(23)24/h6-8,14H,4-5H2,1-3H3,(H,18,22)/t14-/m0/s1. The molecule has 1 aliphatic heterocycles. The number of nitro groups is 1. The lowest BCUT2D eigenvalue weighted by Gasteiger charge is -2.34. The Balaban J connectivity index is 2.59. The highest BCUT2D eigenvalue weighted by atomic mass is 35.5. The van der Waals surface area contributed by atoms with Gasteiger partial charge >= 0.3 is 12.0 Å². The topological polar surface area (TPSA) is 102 Å². The van der Waals surface area contributed by atoms with Crippen molar-refractivity contribution in [3.8, 4) is 0 Å². The van der Waals surface area contributed by atoms with E-state index in [0.717, 1.165) is 0 Å². The number of benzene rings is 1. The molecule has 0 saturated carbocycles. The Kier molecular flexibility index (Phi) is 5.63. The van der Waals surface area contributed by atoms with Crippen LogP contribution in [0.4, 0.5) is 10.5 Å². The van der Waals surface area contributed by atoms with Crippen molar-refractivity contribution in [1.82, 2.24) is 10.2 Å². The van der Waals surface area contributed by atoms with Crippen LogP contribution in [0.25, 0.3) is 0 Å². The second-order valence-electron chi connectivity index (χ2n) is 5.31. The first-order valence-electron chi connectivity index (χ1n) is 7.71. The maximum atomic E-state index is 12.4. The van der Waals surface area contributed by atoms with Gasteiger partial charge in [-0.1, -0.05) is 17.7 Å². The molecule has 0 unspecified atom stereocenters. The number of urea groups is 1. The fraction of sp³-hybridized carbons (Fsp3) is 0.375. The third-order valence-electron chi connectivity index (χ3n) is 3.91. The van der Waals surface area contributed by atoms with Gasteiger partial charge in [-0.3, -0.25) is 15.0 Å². The van der Waals surface area contributed by atoms with Crippen LogP contribution in [0, 0.1) is 10.1 Å². The van der Waals surface area contributed by atoms with Gasteiger partial charge in [0.1, 0.15) is 5.02 Å². The van der Waals surface area contributed by atoms with E-state index in [1.807, 2.05) is 0 Å². The van der Waals surface area contributed by atoms with Crippen LogP contribution in [0.2, 0.25) is 5.02 Å². The van der Waals surface area contributed by atoms with Crippen LogP contribution in [-0.2, 0) is 9.53 Å². The second-order valence-corrected chi connectivity index (χ2v) is 5.72. The largest absolute Gasteiger partial charge is 0.463 e. The number of rotatable bonds is 5. The number of nitrogens with one attached hydrogen (secondary N) is 1. The summed E-state index contributed by atoms with van der Waals surface area (Å²) in [6, 6.07) is 2.90. The van der Waals surface area contributed by atoms with E-state index in [1.54, 1.807) is 20.8 Å². The van der Waals surface area contributed by atoms with Gasteiger partial charge in [-0.25, -0.2) is 9.59 Å². The third kappa shape index (κ3) is 3.58. The highest BCUT2D eigenvalue weighted by Crippen LogP contribution is 2.34. The molecule has 1 aliphatic rings. The summed E-state index contributed by atoms with van der Waals surface area (Å²) in [5.74, 6) is -0.582. The molecule has 9 heteroatoms. The molecule has 0 fully saturated rings. The summed E-state index contributed by atoms with van der Waals surface area (Å²) >= 11 is 5.84. The molecule has 0 bridgehead atoms. The fourth-order valence-electron chi connectivity index (χ4n) is 2.73. The van der Waals surface area contributed by atoms with Gasteiger partial charge in [-0.2, -0.15) is 0 Å². The summed E-state index contributed by atoms with van der Waals surface area (Å²) in [4.78, 5) is 36.6. The summed E-state index contributed by atoms with van der Waals surface area (Å²) in [6.07, 6.45) is 0. The first-order valence-corrected chi connectivity index (χ1v) is 8.09. The molecule has 2 amide bonds. The number of carbonyl (C=O) groups is 2. The van der Waals surface area contributed by atoms with Crippen molar-refractivity contribution in [3.05, 3.63) is 50.2 Å². The number of hydrogen-bond donors (Lipinski definition) is 1. The van der Waals surface area contributed by atoms with E-state index in [-0.39, 0.29) is 22.9 Å². The summed E-state index contributed by atoms with van der Waals surface area (Å²) in [5.41, 5.74) is 0.766. The molecule has 134 valence electrons. The average molecular weight is 368 g/mol. The van der Waals surface area contributed by atoms with Gasteiger partial charge in [0.2, 0.25) is 0 Å². The number of esters is 1. The van der Waals surface area contributed by atoms with Gasteiger partial charge in [0.25, 0.3) is 5.69 Å². The van der Waals surface area contributed by atoms with Crippen LogP contribution in [0.1, 0.15) is 32.4 Å². The van der Waals surface area contributed by atoms with Gasteiger partial charge in [-0.05, 0) is 32.4 Å². The van der Waals surface area contributed by atoms with Crippen LogP contribution in [0.15, 0.2) is 29.5 Å². The quantitative estimate of drug-likeness (QED) is 0.489. The van der Waals surface area contributed by atoms with Gasteiger partial charge in [0.05, 0.1) is 23.1 Å². The first-order chi connectivity index (χ1) is 11.8. The Morgan fingerprint density at radius 3 is 2.68 bits per heavy atom. The molecular weight excluding hydrogens is 350 g/mol. The molecule has 1 atom stereocenters. The summed E-state index contributed by atoms with van der Waals surface area (Å²) in [6.45, 7) is 5.64. The van der Waals surface area contributed by atoms with Crippen molar-refractivity contribution in [2.24, 2.45) is 0 Å². The molecule has 0 aliphatic carbocycles. The summed E-state index contributed by atoms with van der Waals surface area (Å²) in [5, 5.41) is 13.8. The minimum absolute atomic E-state index is 0.0237. The molecule has 25 heavy (non-hydrogen) atoms. The van der Waals surface area contributed by atoms with Crippen molar-refractivity contribution in [3.63, 3.8) is 0 Å². The zero-order chi connectivity index (χ0) is 18.7. The van der Waals surface area contributed by atoms with Gasteiger partial charge in [-0.15, -0.1) is 0 Å². The van der Waals surface area contributed by atoms with E-state index in [0.29, 0.717) is 17.8 Å². The van der Waals surface area contributed by atoms with Crippen molar-refractivity contribution < 1.29 is 19.2 Å². The predicted octanol–water partition coefficient (Wildman–Crippen LogP) is 3.17. The fourth-order valence-corrected chi connectivity index (χ4v) is 2.92. The highest BCUT2D eigenvalue weighted by Gasteiger charge is 2.36. The molecule has 1 aromatic carbocycles. The van der Waals surface area contributed by atoms with Crippen molar-refractivity contribution in [2.75, 3.05) is 13.2 Å². The van der Waals surface area contributed by atoms with E-state index in [4.69, 9.17) is 16.3 Å². The number of nitro benzene ring substituents is 1. The van der Waals surface area contributed by atoms with Crippen LogP contribution in [0.5, 0.6) is 0 Å². The van der Waals surface area contributed by atoms with Gasteiger partial charge < -0.3 is 10.1 Å². The zero-order valence-corrected chi connectivity index (χ0v) is 14.8. The molecule has 8 nitrogen and oxygen atoms in total. The maximum Gasteiger partial charge on any atom is 0.338 e. The van der Waals surface area contributed by atoms with Crippen molar-refractivity contribution >= 4 is 29.3 Å². The van der Waals surface area contributed by atoms with Crippen LogP contribution >= 0.6 is 11.6 Å². The molecule has 0 spiro atoms. The van der Waals surface area contributed by atoms with Gasteiger partial charge in [0, 0.05) is 18.3 Å². The van der Waals surface area contributed by atoms with Crippen LogP contribution in [0.3, 0.4) is 0 Å². The Morgan fingerprint density at radius 2 is 2.12 bits per heavy atom. The lowest BCUT2D eigenvalue weighted by atomic mass is 9.94. The van der Waals surface area contributed by atoms with Crippen molar-refractivity contribution in [1.29, 1.82) is 0 Å². The molecule has 0 radical (unpaired) electrons. The van der Waals surface area contributed by atoms with Gasteiger partial charge in [0.15, 0.2) is 0 Å². The minimum Gasteiger partial charge on any atom is -0.463 e. The van der Waals surface area contributed by atoms with E-state index in [2.05, 4.69) is 5.32 Å². The minimum atomic E-state index is -0.856. The number of allylic oxidation sites excluding steroid dienone is 1. The predicted molar refractivity (Wildman–Crippen MR) is 91.1 cm³/mol. The summed E-state index contributed by atoms with van der Waals surface area (Å²) < 4.78 is 5.10. The lowest BCUT2D eigenvalue weighted by molar-refractivity contribution is -0.384. The number of carbonyl (C=O) groups excluding carboxylic acids is 2.